The standard InChI is InChI=1S/C21H26FNO2/c1-2-20(22)19-13-11-17(12-14-19)6-4-3-5-16-7-9-18(10-8-16)15-21(24)23-25/h7-14,20,25H,2-6,15H2,1H3,(H,23,24). The highest BCUT2D eigenvalue weighted by atomic mass is 19.1. The predicted octanol–water partition coefficient (Wildman–Crippen LogP) is 4.72. The van der Waals surface area contributed by atoms with Gasteiger partial charge in [-0.1, -0.05) is 55.5 Å². The van der Waals surface area contributed by atoms with Gasteiger partial charge in [-0.25, -0.2) is 9.87 Å². The Kier molecular flexibility index (Phi) is 7.61. The van der Waals surface area contributed by atoms with E-state index in [1.807, 2.05) is 55.5 Å². The van der Waals surface area contributed by atoms with E-state index in [-0.39, 0.29) is 6.42 Å². The first-order valence-electron chi connectivity index (χ1n) is 8.86. The van der Waals surface area contributed by atoms with Crippen molar-refractivity contribution in [3.05, 3.63) is 70.8 Å². The minimum Gasteiger partial charge on any atom is -0.289 e. The topological polar surface area (TPSA) is 49.3 Å². The number of aryl methyl sites for hydroxylation is 2. The summed E-state index contributed by atoms with van der Waals surface area (Å²) >= 11 is 0. The lowest BCUT2D eigenvalue weighted by Gasteiger charge is -2.07. The Labute approximate surface area is 148 Å². The van der Waals surface area contributed by atoms with Gasteiger partial charge in [-0.05, 0) is 54.4 Å². The van der Waals surface area contributed by atoms with Gasteiger partial charge in [-0.2, -0.15) is 0 Å². The first kappa shape index (κ1) is 19.1. The van der Waals surface area contributed by atoms with E-state index in [1.165, 1.54) is 11.1 Å². The van der Waals surface area contributed by atoms with E-state index in [4.69, 9.17) is 5.21 Å². The molecule has 1 amide bonds. The molecule has 0 saturated carbocycles. The maximum absolute atomic E-state index is 13.6. The zero-order chi connectivity index (χ0) is 18.1. The Morgan fingerprint density at radius 3 is 1.92 bits per heavy atom. The maximum Gasteiger partial charge on any atom is 0.247 e. The molecule has 2 rings (SSSR count). The molecule has 0 spiro atoms. The molecule has 0 fully saturated rings. The minimum absolute atomic E-state index is 0.185. The molecule has 0 heterocycles. The summed E-state index contributed by atoms with van der Waals surface area (Å²) < 4.78 is 13.6. The molecular formula is C21H26FNO2. The lowest BCUT2D eigenvalue weighted by molar-refractivity contribution is -0.128. The number of nitrogens with one attached hydrogen (secondary N) is 1. The van der Waals surface area contributed by atoms with Crippen LogP contribution in [-0.4, -0.2) is 11.1 Å². The van der Waals surface area contributed by atoms with Crippen molar-refractivity contribution >= 4 is 5.91 Å². The summed E-state index contributed by atoms with van der Waals surface area (Å²) in [6.45, 7) is 1.85. The third-order valence-corrected chi connectivity index (χ3v) is 4.39. The van der Waals surface area contributed by atoms with E-state index in [2.05, 4.69) is 0 Å². The quantitative estimate of drug-likeness (QED) is 0.393. The van der Waals surface area contributed by atoms with Crippen molar-refractivity contribution < 1.29 is 14.4 Å². The number of alkyl halides is 1. The van der Waals surface area contributed by atoms with Crippen LogP contribution in [0, 0.1) is 0 Å². The van der Waals surface area contributed by atoms with E-state index in [1.54, 1.807) is 5.48 Å². The number of carbonyl (C=O) groups is 1. The maximum atomic E-state index is 13.6. The fraction of sp³-hybridized carbons (Fsp3) is 0.381. The molecule has 3 nitrogen and oxygen atoms in total. The van der Waals surface area contributed by atoms with Crippen LogP contribution in [0.4, 0.5) is 4.39 Å². The highest BCUT2D eigenvalue weighted by Crippen LogP contribution is 2.21. The summed E-state index contributed by atoms with van der Waals surface area (Å²) in [5, 5.41) is 8.52. The second-order valence-corrected chi connectivity index (χ2v) is 6.35. The number of hydrogen-bond acceptors (Lipinski definition) is 2. The molecular weight excluding hydrogens is 317 g/mol. The molecule has 2 aromatic carbocycles. The molecule has 0 aromatic heterocycles. The van der Waals surface area contributed by atoms with E-state index in [9.17, 15) is 9.18 Å². The first-order valence-corrected chi connectivity index (χ1v) is 8.86. The molecule has 0 radical (unpaired) electrons. The molecule has 25 heavy (non-hydrogen) atoms. The third kappa shape index (κ3) is 6.31. The van der Waals surface area contributed by atoms with Crippen molar-refractivity contribution in [1.82, 2.24) is 5.48 Å². The first-order chi connectivity index (χ1) is 12.1. The number of amides is 1. The molecule has 134 valence electrons. The second kappa shape index (κ2) is 9.94. The monoisotopic (exact) mass is 343 g/mol. The number of carbonyl (C=O) groups excluding carboxylic acids is 1. The van der Waals surface area contributed by atoms with Gasteiger partial charge in [0.15, 0.2) is 0 Å². The van der Waals surface area contributed by atoms with Crippen molar-refractivity contribution in [3.63, 3.8) is 0 Å². The average molecular weight is 343 g/mol. The molecule has 0 saturated heterocycles. The second-order valence-electron chi connectivity index (χ2n) is 6.35. The van der Waals surface area contributed by atoms with E-state index < -0.39 is 12.1 Å². The van der Waals surface area contributed by atoms with Gasteiger partial charge in [0.2, 0.25) is 5.91 Å². The van der Waals surface area contributed by atoms with Crippen LogP contribution in [0.5, 0.6) is 0 Å². The van der Waals surface area contributed by atoms with Crippen LogP contribution in [0.2, 0.25) is 0 Å². The third-order valence-electron chi connectivity index (χ3n) is 4.39. The van der Waals surface area contributed by atoms with Gasteiger partial charge >= 0.3 is 0 Å². The fourth-order valence-electron chi connectivity index (χ4n) is 2.84. The summed E-state index contributed by atoms with van der Waals surface area (Å²) in [5.74, 6) is -0.406. The van der Waals surface area contributed by atoms with Crippen LogP contribution in [0.1, 0.15) is 54.6 Å². The summed E-state index contributed by atoms with van der Waals surface area (Å²) in [4.78, 5) is 11.1. The molecule has 2 N–H and O–H groups in total. The number of rotatable bonds is 9. The minimum atomic E-state index is -0.861. The van der Waals surface area contributed by atoms with Crippen LogP contribution < -0.4 is 5.48 Å². The Morgan fingerprint density at radius 2 is 1.44 bits per heavy atom. The predicted molar refractivity (Wildman–Crippen MR) is 97.3 cm³/mol. The summed E-state index contributed by atoms with van der Waals surface area (Å²) in [5.41, 5.74) is 5.78. The van der Waals surface area contributed by atoms with Gasteiger partial charge < -0.3 is 0 Å². The van der Waals surface area contributed by atoms with Gasteiger partial charge in [0.05, 0.1) is 6.42 Å². The zero-order valence-corrected chi connectivity index (χ0v) is 14.7. The molecule has 0 aliphatic carbocycles. The Hall–Kier alpha value is -2.20. The van der Waals surface area contributed by atoms with Gasteiger partial charge in [0.25, 0.3) is 0 Å². The number of benzene rings is 2. The number of hydrogen-bond donors (Lipinski definition) is 2. The van der Waals surface area contributed by atoms with E-state index in [0.29, 0.717) is 6.42 Å². The normalized spacial score (nSPS) is 12.0. The number of hydroxylamine groups is 1. The van der Waals surface area contributed by atoms with Gasteiger partial charge in [0, 0.05) is 0 Å². The van der Waals surface area contributed by atoms with Crippen LogP contribution in [-0.2, 0) is 24.1 Å². The highest BCUT2D eigenvalue weighted by molar-refractivity contribution is 5.77. The van der Waals surface area contributed by atoms with E-state index in [0.717, 1.165) is 36.8 Å². The van der Waals surface area contributed by atoms with Crippen molar-refractivity contribution in [2.75, 3.05) is 0 Å². The van der Waals surface area contributed by atoms with Crippen molar-refractivity contribution in [2.24, 2.45) is 0 Å². The summed E-state index contributed by atoms with van der Waals surface area (Å²) in [6.07, 6.45) is 4.00. The molecule has 2 aromatic rings. The van der Waals surface area contributed by atoms with Crippen molar-refractivity contribution in [2.45, 2.75) is 51.6 Å². The summed E-state index contributed by atoms with van der Waals surface area (Å²) in [7, 11) is 0. The van der Waals surface area contributed by atoms with Crippen molar-refractivity contribution in [3.8, 4) is 0 Å². The zero-order valence-electron chi connectivity index (χ0n) is 14.7. The lowest BCUT2D eigenvalue weighted by Crippen LogP contribution is -2.20. The molecule has 1 unspecified atom stereocenters. The van der Waals surface area contributed by atoms with Gasteiger partial charge in [0.1, 0.15) is 6.17 Å². The highest BCUT2D eigenvalue weighted by Gasteiger charge is 2.06. The van der Waals surface area contributed by atoms with E-state index >= 15 is 0 Å². The van der Waals surface area contributed by atoms with Crippen LogP contribution in [0.25, 0.3) is 0 Å². The SMILES string of the molecule is CCC(F)c1ccc(CCCCc2ccc(CC(=O)NO)cc2)cc1. The molecule has 1 atom stereocenters. The molecule has 4 heteroatoms. The van der Waals surface area contributed by atoms with Crippen LogP contribution in [0.3, 0.4) is 0 Å². The smallest absolute Gasteiger partial charge is 0.247 e. The number of halogens is 1. The van der Waals surface area contributed by atoms with Crippen LogP contribution in [0.15, 0.2) is 48.5 Å². The van der Waals surface area contributed by atoms with Crippen molar-refractivity contribution in [1.29, 1.82) is 0 Å². The Bertz CT molecular complexity index is 653. The molecule has 0 bridgehead atoms. The fourth-order valence-corrected chi connectivity index (χ4v) is 2.84. The lowest BCUT2D eigenvalue weighted by atomic mass is 10.0. The molecule has 0 aliphatic rings. The number of unbranched alkanes of at least 4 members (excludes halogenated alkanes) is 1. The average Bonchev–Trinajstić information content (AvgIpc) is 2.66. The Balaban J connectivity index is 1.73. The van der Waals surface area contributed by atoms with Gasteiger partial charge in [-0.3, -0.25) is 10.0 Å². The largest absolute Gasteiger partial charge is 0.289 e. The molecule has 0 aliphatic heterocycles. The summed E-state index contributed by atoms with van der Waals surface area (Å²) in [6, 6.07) is 15.7. The van der Waals surface area contributed by atoms with Crippen LogP contribution >= 0.6 is 0 Å². The Morgan fingerprint density at radius 1 is 0.960 bits per heavy atom. The van der Waals surface area contributed by atoms with Gasteiger partial charge in [-0.15, -0.1) is 0 Å².